The molecule has 20 heavy (non-hydrogen) atoms. The smallest absolute Gasteiger partial charge is 0.476 e. The van der Waals surface area contributed by atoms with Gasteiger partial charge < -0.3 is 14.8 Å². The molecule has 0 radical (unpaired) electrons. The Morgan fingerprint density at radius 1 is 1.50 bits per heavy atom. The summed E-state index contributed by atoms with van der Waals surface area (Å²) in [5, 5.41) is 14.3. The Morgan fingerprint density at radius 2 is 2.20 bits per heavy atom. The van der Waals surface area contributed by atoms with Crippen molar-refractivity contribution in [1.29, 1.82) is 0 Å². The van der Waals surface area contributed by atoms with E-state index in [1.54, 1.807) is 19.9 Å². The van der Waals surface area contributed by atoms with E-state index in [9.17, 15) is 10.0 Å². The van der Waals surface area contributed by atoms with Crippen LogP contribution in [0.2, 0.25) is 0 Å². The molecule has 0 bridgehead atoms. The van der Waals surface area contributed by atoms with E-state index in [4.69, 9.17) is 4.74 Å². The second-order valence-corrected chi connectivity index (χ2v) is 4.77. The van der Waals surface area contributed by atoms with Gasteiger partial charge in [0, 0.05) is 19.2 Å². The summed E-state index contributed by atoms with van der Waals surface area (Å²) in [4.78, 5) is 17.8. The molecule has 1 aliphatic heterocycles. The van der Waals surface area contributed by atoms with Crippen LogP contribution in [0.25, 0.3) is 0 Å². The molecule has 0 aliphatic carbocycles. The SMILES string of the molecule is CCOC(=O)Nc1nc(N2CCCCC2)cc(C)[n+]1[O-]. The number of anilines is 2. The Kier molecular flexibility index (Phi) is 4.60. The van der Waals surface area contributed by atoms with Gasteiger partial charge in [0.25, 0.3) is 0 Å². The summed E-state index contributed by atoms with van der Waals surface area (Å²) in [6, 6.07) is 1.74. The van der Waals surface area contributed by atoms with Crippen LogP contribution in [0.5, 0.6) is 0 Å². The van der Waals surface area contributed by atoms with Crippen LogP contribution in [0.3, 0.4) is 0 Å². The molecule has 2 heterocycles. The van der Waals surface area contributed by atoms with Gasteiger partial charge in [-0.05, 0) is 33.1 Å². The third kappa shape index (κ3) is 3.28. The maximum atomic E-state index is 11.9. The summed E-state index contributed by atoms with van der Waals surface area (Å²) in [6.07, 6.45) is 2.79. The predicted octanol–water partition coefficient (Wildman–Crippen LogP) is 1.58. The fourth-order valence-electron chi connectivity index (χ4n) is 2.22. The highest BCUT2D eigenvalue weighted by molar-refractivity contribution is 5.81. The molecule has 7 nitrogen and oxygen atoms in total. The highest BCUT2D eigenvalue weighted by atomic mass is 16.5. The van der Waals surface area contributed by atoms with Gasteiger partial charge >= 0.3 is 12.0 Å². The molecule has 1 amide bonds. The van der Waals surface area contributed by atoms with Crippen LogP contribution in [0.1, 0.15) is 31.9 Å². The Bertz CT molecular complexity index is 487. The quantitative estimate of drug-likeness (QED) is 0.671. The zero-order chi connectivity index (χ0) is 14.5. The number of nitrogens with zero attached hydrogens (tertiary/aromatic N) is 3. The summed E-state index contributed by atoms with van der Waals surface area (Å²) < 4.78 is 5.37. The second-order valence-electron chi connectivity index (χ2n) is 4.77. The monoisotopic (exact) mass is 280 g/mol. The van der Waals surface area contributed by atoms with Gasteiger partial charge in [0.15, 0.2) is 0 Å². The average molecular weight is 280 g/mol. The second kappa shape index (κ2) is 6.40. The molecule has 1 fully saturated rings. The van der Waals surface area contributed by atoms with Crippen molar-refractivity contribution in [2.24, 2.45) is 0 Å². The Hall–Kier alpha value is -2.05. The lowest BCUT2D eigenvalue weighted by Crippen LogP contribution is -2.39. The maximum absolute atomic E-state index is 11.9. The van der Waals surface area contributed by atoms with E-state index in [0.29, 0.717) is 10.4 Å². The van der Waals surface area contributed by atoms with E-state index >= 15 is 0 Å². The van der Waals surface area contributed by atoms with Crippen LogP contribution < -0.4 is 14.9 Å². The molecule has 0 atom stereocenters. The average Bonchev–Trinajstić information content (AvgIpc) is 2.45. The number of aryl methyl sites for hydroxylation is 1. The van der Waals surface area contributed by atoms with Crippen molar-refractivity contribution in [2.75, 3.05) is 29.9 Å². The molecule has 2 rings (SSSR count). The molecule has 0 aromatic carbocycles. The largest absolute Gasteiger partial charge is 0.740 e. The first-order valence-electron chi connectivity index (χ1n) is 6.91. The third-order valence-electron chi connectivity index (χ3n) is 3.24. The molecule has 0 spiro atoms. The van der Waals surface area contributed by atoms with Crippen molar-refractivity contribution in [1.82, 2.24) is 4.98 Å². The summed E-state index contributed by atoms with van der Waals surface area (Å²) in [5.74, 6) is 0.685. The Balaban J connectivity index is 2.22. The van der Waals surface area contributed by atoms with Crippen molar-refractivity contribution >= 4 is 17.9 Å². The highest BCUT2D eigenvalue weighted by Gasteiger charge is 2.21. The van der Waals surface area contributed by atoms with Crippen LogP contribution in [0, 0.1) is 12.1 Å². The number of nitrogens with one attached hydrogen (secondary N) is 1. The van der Waals surface area contributed by atoms with Gasteiger partial charge in [0.2, 0.25) is 5.82 Å². The number of carbonyl (C=O) groups excluding carboxylic acids is 1. The number of carbonyl (C=O) groups is 1. The van der Waals surface area contributed by atoms with Gasteiger partial charge in [-0.3, -0.25) is 0 Å². The molecule has 1 aromatic heterocycles. The van der Waals surface area contributed by atoms with Crippen LogP contribution in [0.4, 0.5) is 16.6 Å². The van der Waals surface area contributed by atoms with E-state index in [0.717, 1.165) is 31.7 Å². The first kappa shape index (κ1) is 14.4. The maximum Gasteiger partial charge on any atom is 0.476 e. The normalized spacial score (nSPS) is 15.0. The van der Waals surface area contributed by atoms with Crippen molar-refractivity contribution in [3.05, 3.63) is 17.0 Å². The van der Waals surface area contributed by atoms with Crippen LogP contribution in [-0.4, -0.2) is 30.8 Å². The van der Waals surface area contributed by atoms with E-state index in [1.165, 1.54) is 6.42 Å². The Morgan fingerprint density at radius 3 is 2.85 bits per heavy atom. The molecular formula is C13H20N4O3. The van der Waals surface area contributed by atoms with Crippen molar-refractivity contribution < 1.29 is 14.3 Å². The lowest BCUT2D eigenvalue weighted by molar-refractivity contribution is -0.599. The van der Waals surface area contributed by atoms with Crippen molar-refractivity contribution in [2.45, 2.75) is 33.1 Å². The van der Waals surface area contributed by atoms with Crippen LogP contribution in [0.15, 0.2) is 6.07 Å². The summed E-state index contributed by atoms with van der Waals surface area (Å²) in [7, 11) is 0. The van der Waals surface area contributed by atoms with E-state index < -0.39 is 6.09 Å². The number of hydrogen-bond acceptors (Lipinski definition) is 5. The third-order valence-corrected chi connectivity index (χ3v) is 3.24. The number of amides is 1. The van der Waals surface area contributed by atoms with Gasteiger partial charge in [0.1, 0.15) is 0 Å². The minimum absolute atomic E-state index is 0.0379. The number of piperidine rings is 1. The zero-order valence-corrected chi connectivity index (χ0v) is 11.9. The number of aromatic nitrogens is 2. The van der Waals surface area contributed by atoms with Gasteiger partial charge in [-0.1, -0.05) is 4.98 Å². The highest BCUT2D eigenvalue weighted by Crippen LogP contribution is 2.18. The first-order chi connectivity index (χ1) is 9.61. The van der Waals surface area contributed by atoms with E-state index in [2.05, 4.69) is 15.2 Å². The van der Waals surface area contributed by atoms with Crippen molar-refractivity contribution in [3.8, 4) is 0 Å². The van der Waals surface area contributed by atoms with Crippen LogP contribution in [-0.2, 0) is 4.74 Å². The molecule has 0 unspecified atom stereocenters. The van der Waals surface area contributed by atoms with Gasteiger partial charge in [-0.15, -0.1) is 0 Å². The molecule has 1 saturated heterocycles. The lowest BCUT2D eigenvalue weighted by Gasteiger charge is -2.26. The molecule has 7 heteroatoms. The van der Waals surface area contributed by atoms with E-state index in [1.807, 2.05) is 0 Å². The molecule has 1 aliphatic rings. The number of rotatable bonds is 3. The molecule has 1 aromatic rings. The molecule has 1 N–H and O–H groups in total. The van der Waals surface area contributed by atoms with Crippen LogP contribution >= 0.6 is 0 Å². The lowest BCUT2D eigenvalue weighted by atomic mass is 10.1. The predicted molar refractivity (Wildman–Crippen MR) is 74.6 cm³/mol. The molecule has 110 valence electrons. The van der Waals surface area contributed by atoms with Crippen molar-refractivity contribution in [3.63, 3.8) is 0 Å². The summed E-state index contributed by atoms with van der Waals surface area (Å²) in [5.41, 5.74) is 0.493. The van der Waals surface area contributed by atoms with Gasteiger partial charge in [-0.2, -0.15) is 5.32 Å². The standard InChI is InChI=1S/C13H20N4O3/c1-3-20-13(18)15-12-14-11(9-10(2)17(12)19)16-7-5-4-6-8-16/h9H,3-8H2,1-2H3,(H,14,15,18). The topological polar surface area (TPSA) is 81.4 Å². The Labute approximate surface area is 118 Å². The fraction of sp³-hybridized carbons (Fsp3) is 0.615. The fourth-order valence-corrected chi connectivity index (χ4v) is 2.22. The zero-order valence-electron chi connectivity index (χ0n) is 11.9. The van der Waals surface area contributed by atoms with Gasteiger partial charge in [0.05, 0.1) is 12.3 Å². The van der Waals surface area contributed by atoms with E-state index in [-0.39, 0.29) is 12.6 Å². The minimum atomic E-state index is -0.667. The number of ether oxygens (including phenoxy) is 1. The summed E-state index contributed by atoms with van der Waals surface area (Å²) in [6.45, 7) is 5.49. The molecule has 0 saturated carbocycles. The first-order valence-corrected chi connectivity index (χ1v) is 6.91. The summed E-state index contributed by atoms with van der Waals surface area (Å²) >= 11 is 0. The minimum Gasteiger partial charge on any atom is -0.740 e. The molecular weight excluding hydrogens is 260 g/mol. The number of hydrogen-bond donors (Lipinski definition) is 1. The van der Waals surface area contributed by atoms with Gasteiger partial charge in [-0.25, -0.2) is 9.52 Å².